The number of nitrogens with one attached hydrogen (secondary N) is 1. The van der Waals surface area contributed by atoms with Gasteiger partial charge in [0.2, 0.25) is 5.91 Å². The summed E-state index contributed by atoms with van der Waals surface area (Å²) >= 11 is 11.8. The molecule has 5 nitrogen and oxygen atoms in total. The monoisotopic (exact) mass is 362 g/mol. The van der Waals surface area contributed by atoms with Crippen LogP contribution >= 0.6 is 23.2 Å². The largest absolute Gasteiger partial charge is 0.392 e. The van der Waals surface area contributed by atoms with Crippen molar-refractivity contribution in [3.63, 3.8) is 0 Å². The fourth-order valence-corrected chi connectivity index (χ4v) is 3.45. The average molecular weight is 363 g/mol. The normalized spacial score (nSPS) is 28.2. The molecule has 1 aromatic carbocycles. The first-order valence-electron chi connectivity index (χ1n) is 7.42. The van der Waals surface area contributed by atoms with Crippen LogP contribution in [-0.4, -0.2) is 54.3 Å². The third kappa shape index (κ3) is 3.61. The average Bonchev–Trinajstić information content (AvgIpc) is 2.97. The van der Waals surface area contributed by atoms with Crippen molar-refractivity contribution in [2.24, 2.45) is 0 Å². The summed E-state index contributed by atoms with van der Waals surface area (Å²) < 4.78 is 19.3. The van der Waals surface area contributed by atoms with Crippen molar-refractivity contribution in [2.45, 2.75) is 24.7 Å². The van der Waals surface area contributed by atoms with Gasteiger partial charge >= 0.3 is 0 Å². The van der Waals surface area contributed by atoms with E-state index in [-0.39, 0.29) is 23.5 Å². The molecule has 8 heteroatoms. The number of benzene rings is 1. The van der Waals surface area contributed by atoms with Crippen molar-refractivity contribution >= 4 is 29.1 Å². The summed E-state index contributed by atoms with van der Waals surface area (Å²) in [6, 6.07) is 2.20. The molecule has 0 saturated carbocycles. The van der Waals surface area contributed by atoms with Gasteiger partial charge in [-0.05, 0) is 18.6 Å². The van der Waals surface area contributed by atoms with Crippen LogP contribution in [0.3, 0.4) is 0 Å². The van der Waals surface area contributed by atoms with Crippen LogP contribution in [0.4, 0.5) is 4.39 Å². The quantitative estimate of drug-likeness (QED) is 0.787. The standard InChI is InChI=1S/C15H17Cl2FN2O3/c16-10-5-11(17)12(18)4-9(10)14-7-20(1-2-23-14)15(22)13-3-8(21)6-19-13/h4-5,8,13-14,19,21H,1-3,6-7H2. The Balaban J connectivity index is 1.73. The van der Waals surface area contributed by atoms with Crippen molar-refractivity contribution < 1.29 is 19.0 Å². The SMILES string of the molecule is O=C(C1CC(O)CN1)N1CCOC(c2cc(F)c(Cl)cc2Cl)C1. The highest BCUT2D eigenvalue weighted by atomic mass is 35.5. The first-order chi connectivity index (χ1) is 11.0. The number of ether oxygens (including phenoxy) is 1. The van der Waals surface area contributed by atoms with Gasteiger partial charge < -0.3 is 20.1 Å². The molecule has 126 valence electrons. The Kier molecular flexibility index (Phi) is 5.08. The van der Waals surface area contributed by atoms with Crippen LogP contribution in [0.1, 0.15) is 18.1 Å². The molecule has 2 aliphatic rings. The van der Waals surface area contributed by atoms with E-state index < -0.39 is 18.0 Å². The maximum Gasteiger partial charge on any atom is 0.239 e. The first-order valence-corrected chi connectivity index (χ1v) is 8.17. The number of nitrogens with zero attached hydrogens (tertiary/aromatic N) is 1. The highest BCUT2D eigenvalue weighted by Crippen LogP contribution is 2.32. The van der Waals surface area contributed by atoms with E-state index in [1.54, 1.807) is 4.90 Å². The molecule has 0 aliphatic carbocycles. The fourth-order valence-electron chi connectivity index (χ4n) is 2.95. The van der Waals surface area contributed by atoms with E-state index in [9.17, 15) is 14.3 Å². The summed E-state index contributed by atoms with van der Waals surface area (Å²) in [5.41, 5.74) is 0.477. The molecule has 3 unspecified atom stereocenters. The van der Waals surface area contributed by atoms with E-state index in [0.29, 0.717) is 36.7 Å². The molecule has 3 atom stereocenters. The van der Waals surface area contributed by atoms with E-state index in [2.05, 4.69) is 5.32 Å². The van der Waals surface area contributed by atoms with Crippen LogP contribution in [0, 0.1) is 5.82 Å². The second-order valence-electron chi connectivity index (χ2n) is 5.78. The van der Waals surface area contributed by atoms with E-state index in [1.807, 2.05) is 0 Å². The molecule has 0 aromatic heterocycles. The summed E-state index contributed by atoms with van der Waals surface area (Å²) in [7, 11) is 0. The van der Waals surface area contributed by atoms with Gasteiger partial charge in [0.1, 0.15) is 11.9 Å². The van der Waals surface area contributed by atoms with Crippen molar-refractivity contribution in [1.29, 1.82) is 0 Å². The molecule has 1 amide bonds. The molecule has 0 bridgehead atoms. The van der Waals surface area contributed by atoms with Crippen LogP contribution < -0.4 is 5.32 Å². The lowest BCUT2D eigenvalue weighted by Gasteiger charge is -2.35. The summed E-state index contributed by atoms with van der Waals surface area (Å²) in [5.74, 6) is -0.654. The predicted octanol–water partition coefficient (Wildman–Crippen LogP) is 1.76. The highest BCUT2D eigenvalue weighted by Gasteiger charge is 2.34. The minimum absolute atomic E-state index is 0.0494. The Morgan fingerprint density at radius 1 is 1.39 bits per heavy atom. The number of hydrogen-bond donors (Lipinski definition) is 2. The van der Waals surface area contributed by atoms with Crippen molar-refractivity contribution in [1.82, 2.24) is 10.2 Å². The molecule has 3 rings (SSSR count). The van der Waals surface area contributed by atoms with Crippen molar-refractivity contribution in [2.75, 3.05) is 26.2 Å². The van der Waals surface area contributed by atoms with Crippen LogP contribution in [0.15, 0.2) is 12.1 Å². The van der Waals surface area contributed by atoms with Crippen LogP contribution in [-0.2, 0) is 9.53 Å². The number of rotatable bonds is 2. The number of halogens is 3. The van der Waals surface area contributed by atoms with Crippen molar-refractivity contribution in [3.05, 3.63) is 33.6 Å². The van der Waals surface area contributed by atoms with E-state index in [1.165, 1.54) is 12.1 Å². The van der Waals surface area contributed by atoms with Gasteiger partial charge in [-0.25, -0.2) is 4.39 Å². The lowest BCUT2D eigenvalue weighted by atomic mass is 10.1. The molecular formula is C15H17Cl2FN2O3. The molecule has 0 radical (unpaired) electrons. The third-order valence-corrected chi connectivity index (χ3v) is 4.79. The van der Waals surface area contributed by atoms with Crippen LogP contribution in [0.25, 0.3) is 0 Å². The van der Waals surface area contributed by atoms with Gasteiger partial charge in [0.15, 0.2) is 0 Å². The molecular weight excluding hydrogens is 346 g/mol. The maximum atomic E-state index is 13.7. The number of aliphatic hydroxyl groups excluding tert-OH is 1. The fraction of sp³-hybridized carbons (Fsp3) is 0.533. The second-order valence-corrected chi connectivity index (χ2v) is 6.60. The van der Waals surface area contributed by atoms with Gasteiger partial charge in [-0.1, -0.05) is 23.2 Å². The molecule has 2 N–H and O–H groups in total. The molecule has 2 fully saturated rings. The number of β-amino-alcohol motifs (C(OH)–C–C–N with tert-alkyl or cyclic N) is 1. The van der Waals surface area contributed by atoms with Gasteiger partial charge in [-0.15, -0.1) is 0 Å². The number of carbonyl (C=O) groups excluding carboxylic acids is 1. The molecule has 2 saturated heterocycles. The zero-order chi connectivity index (χ0) is 16.6. The zero-order valence-electron chi connectivity index (χ0n) is 12.3. The van der Waals surface area contributed by atoms with Gasteiger partial charge in [-0.2, -0.15) is 0 Å². The van der Waals surface area contributed by atoms with Gasteiger partial charge in [0.05, 0.1) is 30.3 Å². The molecule has 1 aromatic rings. The topological polar surface area (TPSA) is 61.8 Å². The second kappa shape index (κ2) is 6.91. The number of amides is 1. The number of hydrogen-bond acceptors (Lipinski definition) is 4. The summed E-state index contributed by atoms with van der Waals surface area (Å²) in [5, 5.41) is 12.8. The minimum atomic E-state index is -0.571. The molecule has 2 aliphatic heterocycles. The summed E-state index contributed by atoms with van der Waals surface area (Å²) in [6.07, 6.45) is -0.601. The lowest BCUT2D eigenvalue weighted by molar-refractivity contribution is -0.141. The van der Waals surface area contributed by atoms with E-state index in [0.717, 1.165) is 0 Å². The van der Waals surface area contributed by atoms with Crippen molar-refractivity contribution in [3.8, 4) is 0 Å². The Hall–Kier alpha value is -0.920. The minimum Gasteiger partial charge on any atom is -0.392 e. The summed E-state index contributed by atoms with van der Waals surface area (Å²) in [4.78, 5) is 14.2. The highest BCUT2D eigenvalue weighted by molar-refractivity contribution is 6.35. The Bertz CT molecular complexity index is 617. The Morgan fingerprint density at radius 3 is 2.87 bits per heavy atom. The van der Waals surface area contributed by atoms with Crippen LogP contribution in [0.2, 0.25) is 10.0 Å². The predicted molar refractivity (Wildman–Crippen MR) is 84.1 cm³/mol. The molecule has 2 heterocycles. The smallest absolute Gasteiger partial charge is 0.239 e. The Morgan fingerprint density at radius 2 is 2.17 bits per heavy atom. The van der Waals surface area contributed by atoms with Crippen LogP contribution in [0.5, 0.6) is 0 Å². The maximum absolute atomic E-state index is 13.7. The van der Waals surface area contributed by atoms with Gasteiger partial charge in [0, 0.05) is 23.7 Å². The molecule has 0 spiro atoms. The van der Waals surface area contributed by atoms with E-state index >= 15 is 0 Å². The first kappa shape index (κ1) is 16.9. The van der Waals surface area contributed by atoms with Gasteiger partial charge in [-0.3, -0.25) is 4.79 Å². The van der Waals surface area contributed by atoms with Gasteiger partial charge in [0.25, 0.3) is 0 Å². The molecule has 23 heavy (non-hydrogen) atoms. The number of morpholine rings is 1. The lowest BCUT2D eigenvalue weighted by Crippen LogP contribution is -2.49. The Labute approximate surface area is 143 Å². The number of carbonyl (C=O) groups is 1. The third-order valence-electron chi connectivity index (χ3n) is 4.17. The van der Waals surface area contributed by atoms with E-state index in [4.69, 9.17) is 27.9 Å². The zero-order valence-corrected chi connectivity index (χ0v) is 13.8. The summed E-state index contributed by atoms with van der Waals surface area (Å²) in [6.45, 7) is 1.50. The number of aliphatic hydroxyl groups is 1.